The molecular weight excluding hydrogens is 430 g/mol. The highest BCUT2D eigenvalue weighted by molar-refractivity contribution is 5.78. The Morgan fingerprint density at radius 3 is 2.21 bits per heavy atom. The Hall–Kier alpha value is -4.06. The molecule has 0 radical (unpaired) electrons. The van der Waals surface area contributed by atoms with E-state index in [0.717, 1.165) is 12.0 Å². The van der Waals surface area contributed by atoms with Crippen molar-refractivity contribution in [3.8, 4) is 11.5 Å². The maximum Gasteiger partial charge on any atom is 0.341 e. The predicted octanol–water partition coefficient (Wildman–Crippen LogP) is 4.49. The second-order valence-corrected chi connectivity index (χ2v) is 7.85. The van der Waals surface area contributed by atoms with Crippen molar-refractivity contribution in [1.29, 1.82) is 0 Å². The molecule has 6 nitrogen and oxygen atoms in total. The molecule has 0 aliphatic carbocycles. The Balaban J connectivity index is 1.63. The van der Waals surface area contributed by atoms with Crippen molar-refractivity contribution in [1.82, 2.24) is 4.90 Å². The molecule has 3 rings (SSSR count). The lowest BCUT2D eigenvalue weighted by Crippen LogP contribution is -2.30. The molecule has 0 heterocycles. The van der Waals surface area contributed by atoms with Gasteiger partial charge in [-0.25, -0.2) is 4.79 Å². The first kappa shape index (κ1) is 24.6. The van der Waals surface area contributed by atoms with E-state index < -0.39 is 12.6 Å². The van der Waals surface area contributed by atoms with E-state index in [4.69, 9.17) is 14.6 Å². The molecule has 176 valence electrons. The molecular formula is C28H29NO5. The van der Waals surface area contributed by atoms with Crippen LogP contribution in [0.25, 0.3) is 6.08 Å². The first-order valence-corrected chi connectivity index (χ1v) is 11.1. The number of carbonyl (C=O) groups is 2. The molecule has 34 heavy (non-hydrogen) atoms. The smallest absolute Gasteiger partial charge is 0.341 e. The van der Waals surface area contributed by atoms with Crippen LogP contribution >= 0.6 is 0 Å². The SMILES string of the molecule is CN(CCc1ccccc1)C(=O)Cc1cc(OCC=Cc2ccccc2)cc(OCC(=O)O)c1. The van der Waals surface area contributed by atoms with Gasteiger partial charge in [-0.2, -0.15) is 0 Å². The molecule has 6 heteroatoms. The zero-order valence-electron chi connectivity index (χ0n) is 19.2. The number of hydrogen-bond donors (Lipinski definition) is 1. The van der Waals surface area contributed by atoms with Crippen LogP contribution in [0.1, 0.15) is 16.7 Å². The summed E-state index contributed by atoms with van der Waals surface area (Å²) in [5.41, 5.74) is 2.93. The Morgan fingerprint density at radius 1 is 0.882 bits per heavy atom. The van der Waals surface area contributed by atoms with Gasteiger partial charge in [0.2, 0.25) is 5.91 Å². The third-order valence-electron chi connectivity index (χ3n) is 5.12. The summed E-state index contributed by atoms with van der Waals surface area (Å²) < 4.78 is 11.2. The molecule has 0 aliphatic rings. The van der Waals surface area contributed by atoms with Crippen LogP contribution in [-0.2, 0) is 22.4 Å². The molecule has 3 aromatic carbocycles. The van der Waals surface area contributed by atoms with E-state index >= 15 is 0 Å². The van der Waals surface area contributed by atoms with E-state index in [-0.39, 0.29) is 12.3 Å². The van der Waals surface area contributed by atoms with Crippen molar-refractivity contribution >= 4 is 18.0 Å². The lowest BCUT2D eigenvalue weighted by Gasteiger charge is -2.18. The maximum atomic E-state index is 12.8. The fourth-order valence-corrected chi connectivity index (χ4v) is 3.31. The van der Waals surface area contributed by atoms with Crippen molar-refractivity contribution in [2.24, 2.45) is 0 Å². The van der Waals surface area contributed by atoms with E-state index in [0.29, 0.717) is 30.2 Å². The van der Waals surface area contributed by atoms with Gasteiger partial charge in [0.15, 0.2) is 6.61 Å². The number of ether oxygens (including phenoxy) is 2. The highest BCUT2D eigenvalue weighted by Gasteiger charge is 2.13. The van der Waals surface area contributed by atoms with E-state index in [1.807, 2.05) is 72.8 Å². The second-order valence-electron chi connectivity index (χ2n) is 7.85. The number of nitrogens with zero attached hydrogens (tertiary/aromatic N) is 1. The molecule has 0 saturated heterocycles. The minimum absolute atomic E-state index is 0.0405. The van der Waals surface area contributed by atoms with Crippen LogP contribution in [0.3, 0.4) is 0 Å². The van der Waals surface area contributed by atoms with Crippen molar-refractivity contribution in [3.63, 3.8) is 0 Å². The minimum Gasteiger partial charge on any atom is -0.489 e. The third-order valence-corrected chi connectivity index (χ3v) is 5.12. The van der Waals surface area contributed by atoms with E-state index in [9.17, 15) is 9.59 Å². The van der Waals surface area contributed by atoms with Gasteiger partial charge < -0.3 is 19.5 Å². The van der Waals surface area contributed by atoms with Gasteiger partial charge in [0.25, 0.3) is 0 Å². The lowest BCUT2D eigenvalue weighted by atomic mass is 10.1. The summed E-state index contributed by atoms with van der Waals surface area (Å²) in [5, 5.41) is 8.94. The monoisotopic (exact) mass is 459 g/mol. The van der Waals surface area contributed by atoms with Gasteiger partial charge in [0.05, 0.1) is 6.42 Å². The van der Waals surface area contributed by atoms with Crippen LogP contribution in [-0.4, -0.2) is 48.7 Å². The highest BCUT2D eigenvalue weighted by Crippen LogP contribution is 2.24. The van der Waals surface area contributed by atoms with Crippen molar-refractivity contribution in [2.45, 2.75) is 12.8 Å². The van der Waals surface area contributed by atoms with Crippen LogP contribution in [0.4, 0.5) is 0 Å². The molecule has 0 saturated carbocycles. The number of rotatable bonds is 12. The van der Waals surface area contributed by atoms with Crippen LogP contribution < -0.4 is 9.47 Å². The Bertz CT molecular complexity index is 1100. The van der Waals surface area contributed by atoms with Gasteiger partial charge in [-0.1, -0.05) is 66.7 Å². The molecule has 0 atom stereocenters. The number of carboxylic acids is 1. The number of carbonyl (C=O) groups excluding carboxylic acids is 1. The largest absolute Gasteiger partial charge is 0.489 e. The molecule has 0 fully saturated rings. The Labute approximate surface area is 200 Å². The van der Waals surface area contributed by atoms with Gasteiger partial charge >= 0.3 is 5.97 Å². The zero-order valence-corrected chi connectivity index (χ0v) is 19.2. The number of carboxylic acid groups (broad SMARTS) is 1. The van der Waals surface area contributed by atoms with Crippen molar-refractivity contribution in [3.05, 3.63) is 102 Å². The molecule has 3 aromatic rings. The quantitative estimate of drug-likeness (QED) is 0.432. The third kappa shape index (κ3) is 8.47. The Morgan fingerprint density at radius 2 is 1.53 bits per heavy atom. The highest BCUT2D eigenvalue weighted by atomic mass is 16.5. The summed E-state index contributed by atoms with van der Waals surface area (Å²) in [4.78, 5) is 25.4. The summed E-state index contributed by atoms with van der Waals surface area (Å²) in [7, 11) is 1.78. The normalized spacial score (nSPS) is 10.7. The summed E-state index contributed by atoms with van der Waals surface area (Å²) in [6.07, 6.45) is 4.78. The summed E-state index contributed by atoms with van der Waals surface area (Å²) in [6, 6.07) is 25.0. The number of aliphatic carboxylic acids is 1. The zero-order chi connectivity index (χ0) is 24.2. The predicted molar refractivity (Wildman–Crippen MR) is 132 cm³/mol. The summed E-state index contributed by atoms with van der Waals surface area (Å²) in [5.74, 6) is -0.256. The van der Waals surface area contributed by atoms with Gasteiger partial charge in [0, 0.05) is 19.7 Å². The van der Waals surface area contributed by atoms with Crippen molar-refractivity contribution in [2.75, 3.05) is 26.8 Å². The fraction of sp³-hybridized carbons (Fsp3) is 0.214. The fourth-order valence-electron chi connectivity index (χ4n) is 3.31. The molecule has 1 amide bonds. The van der Waals surface area contributed by atoms with Crippen LogP contribution in [0.15, 0.2) is 84.9 Å². The van der Waals surface area contributed by atoms with Gasteiger partial charge in [-0.15, -0.1) is 0 Å². The number of benzene rings is 3. The molecule has 0 bridgehead atoms. The first-order valence-electron chi connectivity index (χ1n) is 11.1. The molecule has 0 unspecified atom stereocenters. The van der Waals surface area contributed by atoms with E-state index in [1.165, 1.54) is 5.56 Å². The minimum atomic E-state index is -1.07. The average Bonchev–Trinajstić information content (AvgIpc) is 2.85. The summed E-state index contributed by atoms with van der Waals surface area (Å²) in [6.45, 7) is 0.453. The number of likely N-dealkylation sites (N-methyl/N-ethyl adjacent to an activating group) is 1. The standard InChI is InChI=1S/C28H29NO5/c1-29(15-14-23-11-6-3-7-12-23)27(30)19-24-17-25(20-26(18-24)34-21-28(31)32)33-16-8-13-22-9-4-2-5-10-22/h2-13,17-18,20H,14-16,19,21H2,1H3,(H,31,32). The van der Waals surface area contributed by atoms with Gasteiger partial charge in [-0.05, 0) is 41.3 Å². The Kier molecular flexibility index (Phi) is 9.29. The van der Waals surface area contributed by atoms with Crippen LogP contribution in [0, 0.1) is 0 Å². The van der Waals surface area contributed by atoms with Crippen LogP contribution in [0.2, 0.25) is 0 Å². The van der Waals surface area contributed by atoms with Gasteiger partial charge in [-0.3, -0.25) is 4.79 Å². The number of hydrogen-bond acceptors (Lipinski definition) is 4. The topological polar surface area (TPSA) is 76.1 Å². The molecule has 0 aliphatic heterocycles. The maximum absolute atomic E-state index is 12.8. The van der Waals surface area contributed by atoms with E-state index in [2.05, 4.69) is 0 Å². The van der Waals surface area contributed by atoms with Crippen LogP contribution in [0.5, 0.6) is 11.5 Å². The summed E-state index contributed by atoms with van der Waals surface area (Å²) >= 11 is 0. The lowest BCUT2D eigenvalue weighted by molar-refractivity contribution is -0.139. The number of amides is 1. The average molecular weight is 460 g/mol. The second kappa shape index (κ2) is 12.8. The molecule has 0 aromatic heterocycles. The molecule has 1 N–H and O–H groups in total. The molecule has 0 spiro atoms. The van der Waals surface area contributed by atoms with Crippen molar-refractivity contribution < 1.29 is 24.2 Å². The van der Waals surface area contributed by atoms with Gasteiger partial charge in [0.1, 0.15) is 18.1 Å². The first-order chi connectivity index (χ1) is 16.5. The van der Waals surface area contributed by atoms with E-state index in [1.54, 1.807) is 30.1 Å².